The number of benzene rings is 1. The van der Waals surface area contributed by atoms with E-state index >= 15 is 0 Å². The highest BCUT2D eigenvalue weighted by atomic mass is 32.2. The molecule has 0 radical (unpaired) electrons. The van der Waals surface area contributed by atoms with Gasteiger partial charge in [0.05, 0.1) is 11.4 Å². The fourth-order valence-corrected chi connectivity index (χ4v) is 2.47. The number of carbonyl (C=O) groups is 1. The van der Waals surface area contributed by atoms with E-state index in [1.807, 2.05) is 4.90 Å². The Balaban J connectivity index is 2.40. The fraction of sp³-hybridized carbons (Fsp3) is 0.300. The van der Waals surface area contributed by atoms with Crippen LogP contribution in [0.5, 0.6) is 0 Å². The summed E-state index contributed by atoms with van der Waals surface area (Å²) in [5.41, 5.74) is 1.84. The summed E-state index contributed by atoms with van der Waals surface area (Å²) in [6, 6.07) is 4.75. The number of hydrogen-bond acceptors (Lipinski definition) is 4. The lowest BCUT2D eigenvalue weighted by atomic mass is 10.2. The van der Waals surface area contributed by atoms with Gasteiger partial charge in [-0.25, -0.2) is 13.6 Å². The van der Waals surface area contributed by atoms with Gasteiger partial charge in [-0.1, -0.05) is 0 Å². The van der Waals surface area contributed by atoms with E-state index in [0.29, 0.717) is 6.54 Å². The van der Waals surface area contributed by atoms with Crippen LogP contribution in [-0.4, -0.2) is 27.8 Å². The minimum Gasteiger partial charge on any atom is -0.364 e. The summed E-state index contributed by atoms with van der Waals surface area (Å²) < 4.78 is 22.3. The Hall–Kier alpha value is -1.40. The van der Waals surface area contributed by atoms with Crippen LogP contribution in [0.25, 0.3) is 0 Å². The number of hydrogen-bond donors (Lipinski definition) is 1. The van der Waals surface area contributed by atoms with Crippen molar-refractivity contribution >= 4 is 22.0 Å². The second-order valence-electron chi connectivity index (χ2n) is 3.70. The lowest BCUT2D eigenvalue weighted by molar-refractivity contribution is -0.106. The van der Waals surface area contributed by atoms with E-state index in [1.54, 1.807) is 12.1 Å². The van der Waals surface area contributed by atoms with Gasteiger partial charge in [0.2, 0.25) is 10.0 Å². The van der Waals surface area contributed by atoms with Crippen LogP contribution in [0.1, 0.15) is 5.56 Å². The first-order valence-electron chi connectivity index (χ1n) is 4.86. The molecule has 2 N–H and O–H groups in total. The molecule has 1 aromatic carbocycles. The Bertz CT molecular complexity index is 525. The van der Waals surface area contributed by atoms with Crippen molar-refractivity contribution < 1.29 is 13.2 Å². The Morgan fingerprint density at radius 3 is 2.81 bits per heavy atom. The summed E-state index contributed by atoms with van der Waals surface area (Å²) in [5.74, 6) is 0. The maximum Gasteiger partial charge on any atom is 0.238 e. The van der Waals surface area contributed by atoms with Crippen LogP contribution in [0.15, 0.2) is 23.1 Å². The number of primary sulfonamides is 1. The highest BCUT2D eigenvalue weighted by molar-refractivity contribution is 7.89. The standard InChI is InChI=1S/C10H12N2O3S/c11-16(14,15)9-1-2-10-8(7-9)3-4-12(10)5-6-13/h1-2,6-7H,3-5H2,(H2,11,14,15). The molecule has 0 atom stereocenters. The van der Waals surface area contributed by atoms with E-state index in [-0.39, 0.29) is 4.90 Å². The number of fused-ring (bicyclic) bond motifs is 1. The maximum atomic E-state index is 11.1. The van der Waals surface area contributed by atoms with Crippen molar-refractivity contribution in [1.29, 1.82) is 0 Å². The lowest BCUT2D eigenvalue weighted by Crippen LogP contribution is -2.22. The van der Waals surface area contributed by atoms with Crippen molar-refractivity contribution in [1.82, 2.24) is 0 Å². The second kappa shape index (κ2) is 3.88. The average molecular weight is 240 g/mol. The molecule has 0 spiro atoms. The normalized spacial score (nSPS) is 14.9. The first kappa shape index (κ1) is 11.1. The summed E-state index contributed by atoms with van der Waals surface area (Å²) in [5, 5.41) is 5.05. The lowest BCUT2D eigenvalue weighted by Gasteiger charge is -2.15. The molecule has 1 aromatic rings. The molecule has 0 aromatic heterocycles. The van der Waals surface area contributed by atoms with Crippen LogP contribution in [0.4, 0.5) is 5.69 Å². The van der Waals surface area contributed by atoms with Gasteiger partial charge in [0, 0.05) is 12.2 Å². The molecule has 1 heterocycles. The van der Waals surface area contributed by atoms with E-state index < -0.39 is 10.0 Å². The quantitative estimate of drug-likeness (QED) is 0.748. The minimum absolute atomic E-state index is 0.124. The molecule has 0 bridgehead atoms. The highest BCUT2D eigenvalue weighted by Crippen LogP contribution is 2.29. The summed E-state index contributed by atoms with van der Waals surface area (Å²) in [4.78, 5) is 12.5. The molecule has 0 fully saturated rings. The van der Waals surface area contributed by atoms with E-state index in [4.69, 9.17) is 5.14 Å². The predicted octanol–water partition coefficient (Wildman–Crippen LogP) is -0.105. The largest absolute Gasteiger partial charge is 0.364 e. The molecule has 0 aliphatic carbocycles. The van der Waals surface area contributed by atoms with E-state index in [1.165, 1.54) is 6.07 Å². The summed E-state index contributed by atoms with van der Waals surface area (Å²) in [6.07, 6.45) is 1.58. The number of rotatable bonds is 3. The van der Waals surface area contributed by atoms with Gasteiger partial charge in [-0.2, -0.15) is 0 Å². The van der Waals surface area contributed by atoms with Gasteiger partial charge >= 0.3 is 0 Å². The third-order valence-corrected chi connectivity index (χ3v) is 3.58. The number of carbonyl (C=O) groups excluding carboxylic acids is 1. The SMILES string of the molecule is NS(=O)(=O)c1ccc2c(c1)CCN2CC=O. The predicted molar refractivity (Wildman–Crippen MR) is 59.8 cm³/mol. The van der Waals surface area contributed by atoms with Gasteiger partial charge < -0.3 is 9.69 Å². The molecule has 0 saturated carbocycles. The Kier molecular flexibility index (Phi) is 2.69. The summed E-state index contributed by atoms with van der Waals surface area (Å²) in [6.45, 7) is 1.07. The smallest absolute Gasteiger partial charge is 0.238 e. The van der Waals surface area contributed by atoms with Crippen LogP contribution in [0.2, 0.25) is 0 Å². The van der Waals surface area contributed by atoms with Crippen LogP contribution in [0, 0.1) is 0 Å². The number of aldehydes is 1. The Morgan fingerprint density at radius 1 is 1.44 bits per heavy atom. The molecule has 16 heavy (non-hydrogen) atoms. The zero-order chi connectivity index (χ0) is 11.8. The molecular formula is C10H12N2O3S. The van der Waals surface area contributed by atoms with Crippen molar-refractivity contribution in [3.05, 3.63) is 23.8 Å². The van der Waals surface area contributed by atoms with Crippen LogP contribution < -0.4 is 10.0 Å². The molecule has 1 aliphatic rings. The fourth-order valence-electron chi connectivity index (χ4n) is 1.90. The third-order valence-electron chi connectivity index (χ3n) is 2.67. The number of nitrogens with two attached hydrogens (primary N) is 1. The van der Waals surface area contributed by atoms with Crippen molar-refractivity contribution in [2.24, 2.45) is 5.14 Å². The zero-order valence-corrected chi connectivity index (χ0v) is 9.40. The van der Waals surface area contributed by atoms with E-state index in [2.05, 4.69) is 0 Å². The topological polar surface area (TPSA) is 80.5 Å². The molecule has 0 amide bonds. The minimum atomic E-state index is -3.64. The van der Waals surface area contributed by atoms with Gasteiger partial charge in [0.15, 0.2) is 0 Å². The first-order chi connectivity index (χ1) is 7.52. The molecule has 0 unspecified atom stereocenters. The Morgan fingerprint density at radius 2 is 2.19 bits per heavy atom. The number of nitrogens with zero attached hydrogens (tertiary/aromatic N) is 1. The summed E-state index contributed by atoms with van der Waals surface area (Å²) >= 11 is 0. The van der Waals surface area contributed by atoms with Crippen molar-refractivity contribution in [3.8, 4) is 0 Å². The van der Waals surface area contributed by atoms with Crippen molar-refractivity contribution in [2.75, 3.05) is 18.0 Å². The first-order valence-corrected chi connectivity index (χ1v) is 6.41. The molecule has 5 nitrogen and oxygen atoms in total. The molecule has 1 aliphatic heterocycles. The number of anilines is 1. The van der Waals surface area contributed by atoms with E-state index in [0.717, 1.165) is 30.5 Å². The summed E-state index contributed by atoms with van der Waals surface area (Å²) in [7, 11) is -3.64. The van der Waals surface area contributed by atoms with Gasteiger partial charge in [-0.05, 0) is 30.2 Å². The van der Waals surface area contributed by atoms with Crippen LogP contribution in [-0.2, 0) is 21.2 Å². The van der Waals surface area contributed by atoms with Gasteiger partial charge in [-0.15, -0.1) is 0 Å². The van der Waals surface area contributed by atoms with Gasteiger partial charge in [-0.3, -0.25) is 0 Å². The van der Waals surface area contributed by atoms with Crippen LogP contribution >= 0.6 is 0 Å². The average Bonchev–Trinajstić information content (AvgIpc) is 2.60. The number of sulfonamides is 1. The highest BCUT2D eigenvalue weighted by Gasteiger charge is 2.20. The second-order valence-corrected chi connectivity index (χ2v) is 5.26. The van der Waals surface area contributed by atoms with Crippen molar-refractivity contribution in [3.63, 3.8) is 0 Å². The van der Waals surface area contributed by atoms with Crippen LogP contribution in [0.3, 0.4) is 0 Å². The Labute approximate surface area is 93.9 Å². The third kappa shape index (κ3) is 1.94. The van der Waals surface area contributed by atoms with Gasteiger partial charge in [0.1, 0.15) is 6.29 Å². The van der Waals surface area contributed by atoms with Gasteiger partial charge in [0.25, 0.3) is 0 Å². The maximum absolute atomic E-state index is 11.1. The monoisotopic (exact) mass is 240 g/mol. The molecule has 2 rings (SSSR count). The molecular weight excluding hydrogens is 228 g/mol. The molecule has 0 saturated heterocycles. The molecule has 86 valence electrons. The van der Waals surface area contributed by atoms with Crippen molar-refractivity contribution in [2.45, 2.75) is 11.3 Å². The zero-order valence-electron chi connectivity index (χ0n) is 8.59. The molecule has 6 heteroatoms. The van der Waals surface area contributed by atoms with E-state index in [9.17, 15) is 13.2 Å².